The van der Waals surface area contributed by atoms with E-state index >= 15 is 0 Å². The lowest BCUT2D eigenvalue weighted by Gasteiger charge is -2.21. The van der Waals surface area contributed by atoms with E-state index in [1.807, 2.05) is 4.90 Å². The highest BCUT2D eigenvalue weighted by Crippen LogP contribution is 2.05. The molecule has 4 heteroatoms. The van der Waals surface area contributed by atoms with Crippen molar-refractivity contribution >= 4 is 5.91 Å². The number of aromatic nitrogens is 2. The molecular weight excluding hydrogens is 202 g/mol. The minimum absolute atomic E-state index is 0.0689. The number of hydrogen-bond donors (Lipinski definition) is 1. The molecule has 1 heterocycles. The first-order chi connectivity index (χ1) is 7.79. The number of aromatic amines is 1. The Bertz CT molecular complexity index is 287. The number of hydrogen-bond acceptors (Lipinski definition) is 2. The zero-order valence-electron chi connectivity index (χ0n) is 10.2. The number of carbonyl (C=O) groups is 1. The van der Waals surface area contributed by atoms with Crippen molar-refractivity contribution in [3.63, 3.8) is 0 Å². The molecule has 1 aromatic rings. The smallest absolute Gasteiger partial charge is 0.271 e. The molecule has 0 atom stereocenters. The van der Waals surface area contributed by atoms with Crippen LogP contribution >= 0.6 is 0 Å². The quantitative estimate of drug-likeness (QED) is 0.772. The molecule has 0 spiro atoms. The molecule has 90 valence electrons. The van der Waals surface area contributed by atoms with Crippen LogP contribution in [0.3, 0.4) is 0 Å². The molecule has 0 radical (unpaired) electrons. The fraction of sp³-hybridized carbons (Fsp3) is 0.667. The molecule has 1 aromatic heterocycles. The Morgan fingerprint density at radius 3 is 2.38 bits per heavy atom. The van der Waals surface area contributed by atoms with Crippen LogP contribution in [-0.2, 0) is 0 Å². The van der Waals surface area contributed by atoms with Crippen LogP contribution in [0.25, 0.3) is 0 Å². The molecule has 0 unspecified atom stereocenters. The summed E-state index contributed by atoms with van der Waals surface area (Å²) in [5.41, 5.74) is 0.590. The minimum Gasteiger partial charge on any atom is -0.341 e. The first kappa shape index (κ1) is 12.7. The van der Waals surface area contributed by atoms with Crippen LogP contribution in [-0.4, -0.2) is 33.9 Å². The topological polar surface area (TPSA) is 49.0 Å². The van der Waals surface area contributed by atoms with Gasteiger partial charge in [0.05, 0.1) is 12.5 Å². The van der Waals surface area contributed by atoms with Crippen molar-refractivity contribution in [2.24, 2.45) is 0 Å². The van der Waals surface area contributed by atoms with Crippen LogP contribution in [0.15, 0.2) is 12.5 Å². The Balaban J connectivity index is 2.56. The summed E-state index contributed by atoms with van der Waals surface area (Å²) in [6.45, 7) is 5.96. The fourth-order valence-corrected chi connectivity index (χ4v) is 1.56. The zero-order valence-corrected chi connectivity index (χ0v) is 10.2. The Morgan fingerprint density at radius 1 is 1.31 bits per heavy atom. The third kappa shape index (κ3) is 3.68. The van der Waals surface area contributed by atoms with Crippen LogP contribution in [0.1, 0.15) is 50.0 Å². The van der Waals surface area contributed by atoms with Gasteiger partial charge in [0.2, 0.25) is 0 Å². The van der Waals surface area contributed by atoms with Gasteiger partial charge >= 0.3 is 0 Å². The average Bonchev–Trinajstić information content (AvgIpc) is 2.82. The number of unbranched alkanes of at least 4 members (excludes halogenated alkanes) is 2. The first-order valence-electron chi connectivity index (χ1n) is 6.07. The van der Waals surface area contributed by atoms with E-state index in [0.29, 0.717) is 5.69 Å². The van der Waals surface area contributed by atoms with Gasteiger partial charge in [0.15, 0.2) is 0 Å². The molecule has 0 aliphatic heterocycles. The summed E-state index contributed by atoms with van der Waals surface area (Å²) in [5.74, 6) is 0.0689. The molecule has 16 heavy (non-hydrogen) atoms. The summed E-state index contributed by atoms with van der Waals surface area (Å²) >= 11 is 0. The summed E-state index contributed by atoms with van der Waals surface area (Å²) < 4.78 is 0. The lowest BCUT2D eigenvalue weighted by Crippen LogP contribution is -2.33. The van der Waals surface area contributed by atoms with Crippen molar-refractivity contribution in [1.29, 1.82) is 0 Å². The van der Waals surface area contributed by atoms with E-state index in [-0.39, 0.29) is 5.91 Å². The highest BCUT2D eigenvalue weighted by molar-refractivity contribution is 5.92. The largest absolute Gasteiger partial charge is 0.341 e. The number of carbonyl (C=O) groups excluding carboxylic acids is 1. The zero-order chi connectivity index (χ0) is 11.8. The standard InChI is InChI=1S/C12H21N3O/c1-3-5-7-15(8-6-4-2)12(16)11-9-13-10-14-11/h9-10H,3-8H2,1-2H3,(H,13,14). The number of H-pyrrole nitrogens is 1. The summed E-state index contributed by atoms with van der Waals surface area (Å²) in [4.78, 5) is 20.7. The van der Waals surface area contributed by atoms with Gasteiger partial charge in [-0.25, -0.2) is 4.98 Å². The van der Waals surface area contributed by atoms with Gasteiger partial charge in [-0.3, -0.25) is 4.79 Å². The second-order valence-corrected chi connectivity index (χ2v) is 3.96. The van der Waals surface area contributed by atoms with Crippen molar-refractivity contribution in [2.45, 2.75) is 39.5 Å². The highest BCUT2D eigenvalue weighted by Gasteiger charge is 2.15. The monoisotopic (exact) mass is 223 g/mol. The number of amides is 1. The van der Waals surface area contributed by atoms with Crippen LogP contribution in [0.4, 0.5) is 0 Å². The van der Waals surface area contributed by atoms with E-state index in [4.69, 9.17) is 0 Å². The van der Waals surface area contributed by atoms with Gasteiger partial charge in [-0.2, -0.15) is 0 Å². The first-order valence-corrected chi connectivity index (χ1v) is 6.07. The van der Waals surface area contributed by atoms with E-state index in [2.05, 4.69) is 23.8 Å². The molecule has 1 amide bonds. The molecule has 1 rings (SSSR count). The Kier molecular flexibility index (Phi) is 5.61. The summed E-state index contributed by atoms with van der Waals surface area (Å²) in [7, 11) is 0. The number of imidazole rings is 1. The maximum absolute atomic E-state index is 12.1. The molecule has 1 N–H and O–H groups in total. The van der Waals surface area contributed by atoms with Gasteiger partial charge in [0.25, 0.3) is 5.91 Å². The van der Waals surface area contributed by atoms with Gasteiger partial charge < -0.3 is 9.88 Å². The van der Waals surface area contributed by atoms with Crippen LogP contribution in [0.2, 0.25) is 0 Å². The van der Waals surface area contributed by atoms with E-state index in [0.717, 1.165) is 38.8 Å². The van der Waals surface area contributed by atoms with Crippen LogP contribution in [0.5, 0.6) is 0 Å². The molecule has 0 bridgehead atoms. The van der Waals surface area contributed by atoms with Gasteiger partial charge in [-0.15, -0.1) is 0 Å². The predicted molar refractivity (Wildman–Crippen MR) is 64.3 cm³/mol. The van der Waals surface area contributed by atoms with Crippen molar-refractivity contribution in [3.05, 3.63) is 18.2 Å². The maximum Gasteiger partial charge on any atom is 0.271 e. The fourth-order valence-electron chi connectivity index (χ4n) is 1.56. The van der Waals surface area contributed by atoms with Crippen molar-refractivity contribution in [1.82, 2.24) is 14.9 Å². The van der Waals surface area contributed by atoms with E-state index in [9.17, 15) is 4.79 Å². The molecule has 0 saturated carbocycles. The maximum atomic E-state index is 12.1. The van der Waals surface area contributed by atoms with Gasteiger partial charge in [-0.1, -0.05) is 26.7 Å². The van der Waals surface area contributed by atoms with Gasteiger partial charge in [0.1, 0.15) is 5.69 Å². The van der Waals surface area contributed by atoms with Gasteiger partial charge in [0, 0.05) is 13.1 Å². The third-order valence-electron chi connectivity index (χ3n) is 2.58. The molecular formula is C12H21N3O. The third-order valence-corrected chi connectivity index (χ3v) is 2.58. The van der Waals surface area contributed by atoms with Gasteiger partial charge in [-0.05, 0) is 12.8 Å². The number of nitrogens with one attached hydrogen (secondary N) is 1. The lowest BCUT2D eigenvalue weighted by molar-refractivity contribution is 0.0745. The second-order valence-electron chi connectivity index (χ2n) is 3.96. The minimum atomic E-state index is 0.0689. The van der Waals surface area contributed by atoms with E-state index in [1.54, 1.807) is 12.5 Å². The van der Waals surface area contributed by atoms with Crippen molar-refractivity contribution < 1.29 is 4.79 Å². The molecule has 0 saturated heterocycles. The Labute approximate surface area is 97.1 Å². The SMILES string of the molecule is CCCCN(CCCC)C(=O)c1cnc[nH]1. The summed E-state index contributed by atoms with van der Waals surface area (Å²) in [6.07, 6.45) is 7.48. The predicted octanol–water partition coefficient (Wildman–Crippen LogP) is 2.45. The molecule has 0 aromatic carbocycles. The summed E-state index contributed by atoms with van der Waals surface area (Å²) in [5, 5.41) is 0. The molecule has 4 nitrogen and oxygen atoms in total. The molecule has 0 aliphatic rings. The Hall–Kier alpha value is -1.32. The second kappa shape index (κ2) is 7.04. The van der Waals surface area contributed by atoms with Crippen molar-refractivity contribution in [3.8, 4) is 0 Å². The normalized spacial score (nSPS) is 10.4. The summed E-state index contributed by atoms with van der Waals surface area (Å²) in [6, 6.07) is 0. The highest BCUT2D eigenvalue weighted by atomic mass is 16.2. The van der Waals surface area contributed by atoms with Crippen LogP contribution in [0, 0.1) is 0 Å². The Morgan fingerprint density at radius 2 is 1.94 bits per heavy atom. The average molecular weight is 223 g/mol. The lowest BCUT2D eigenvalue weighted by atomic mass is 10.2. The number of rotatable bonds is 7. The molecule has 0 fully saturated rings. The van der Waals surface area contributed by atoms with E-state index < -0.39 is 0 Å². The van der Waals surface area contributed by atoms with E-state index in [1.165, 1.54) is 0 Å². The van der Waals surface area contributed by atoms with Crippen LogP contribution < -0.4 is 0 Å². The number of nitrogens with zero attached hydrogens (tertiary/aromatic N) is 2. The van der Waals surface area contributed by atoms with Crippen molar-refractivity contribution in [2.75, 3.05) is 13.1 Å². The molecule has 0 aliphatic carbocycles.